The number of pyridine rings is 1. The number of nitrogens with two attached hydrogens (primary N) is 2. The molecule has 1 saturated heterocycles. The first-order chi connectivity index (χ1) is 13.8. The Morgan fingerprint density at radius 3 is 2.69 bits per heavy atom. The topological polar surface area (TPSA) is 107 Å². The van der Waals surface area contributed by atoms with Crippen LogP contribution >= 0.6 is 0 Å². The second-order valence-electron chi connectivity index (χ2n) is 7.31. The third-order valence-corrected chi connectivity index (χ3v) is 4.94. The Morgan fingerprint density at radius 2 is 2.07 bits per heavy atom. The van der Waals surface area contributed by atoms with Crippen molar-refractivity contribution in [3.63, 3.8) is 0 Å². The quantitative estimate of drug-likeness (QED) is 0.587. The fraction of sp³-hybridized carbons (Fsp3) is 0.350. The average Bonchev–Trinajstić information content (AvgIpc) is 2.60. The molecule has 9 heteroatoms. The van der Waals surface area contributed by atoms with Crippen LogP contribution in [0.5, 0.6) is 0 Å². The van der Waals surface area contributed by atoms with Gasteiger partial charge in [-0.1, -0.05) is 32.0 Å². The molecule has 2 heterocycles. The van der Waals surface area contributed by atoms with Gasteiger partial charge in [-0.15, -0.1) is 4.99 Å². The van der Waals surface area contributed by atoms with Crippen molar-refractivity contribution >= 4 is 17.9 Å². The minimum Gasteiger partial charge on any atom is -0.443 e. The van der Waals surface area contributed by atoms with Crippen LogP contribution in [0.25, 0.3) is 11.1 Å². The molecule has 3 rings (SSSR count). The predicted octanol–water partition coefficient (Wildman–Crippen LogP) is 3.03. The van der Waals surface area contributed by atoms with Crippen molar-refractivity contribution in [1.29, 1.82) is 0 Å². The van der Waals surface area contributed by atoms with Gasteiger partial charge in [-0.2, -0.15) is 0 Å². The van der Waals surface area contributed by atoms with Crippen molar-refractivity contribution in [3.8, 4) is 11.1 Å². The summed E-state index contributed by atoms with van der Waals surface area (Å²) in [6, 6.07) is 5.80. The first kappa shape index (κ1) is 20.5. The first-order valence-electron chi connectivity index (χ1n) is 9.21. The molecule has 0 aliphatic carbocycles. The summed E-state index contributed by atoms with van der Waals surface area (Å²) >= 11 is 0. The van der Waals surface area contributed by atoms with Crippen LogP contribution < -0.4 is 16.4 Å². The normalized spacial score (nSPS) is 13.9. The maximum atomic E-state index is 14.8. The zero-order chi connectivity index (χ0) is 21.1. The van der Waals surface area contributed by atoms with Crippen LogP contribution in [-0.2, 0) is 11.3 Å². The highest BCUT2D eigenvalue weighted by Gasteiger charge is 2.31. The van der Waals surface area contributed by atoms with Crippen LogP contribution in [-0.4, -0.2) is 30.1 Å². The van der Waals surface area contributed by atoms with Gasteiger partial charge in [-0.3, -0.25) is 0 Å². The molecule has 0 saturated carbocycles. The molecular weight excluding hydrogens is 380 g/mol. The molecule has 1 fully saturated rings. The minimum atomic E-state index is -1.03. The number of benzene rings is 1. The molecule has 0 bridgehead atoms. The number of rotatable bonds is 5. The number of nitrogens with zero attached hydrogens (tertiary/aromatic N) is 3. The molecule has 2 aromatic rings. The van der Waals surface area contributed by atoms with E-state index in [0.717, 1.165) is 13.1 Å². The van der Waals surface area contributed by atoms with Gasteiger partial charge in [-0.25, -0.2) is 18.6 Å². The molecule has 1 aliphatic rings. The second-order valence-corrected chi connectivity index (χ2v) is 7.31. The van der Waals surface area contributed by atoms with E-state index >= 15 is 0 Å². The Bertz CT molecular complexity index is 938. The molecule has 1 aliphatic heterocycles. The number of carbonyl (C=O) groups is 1. The van der Waals surface area contributed by atoms with Crippen LogP contribution in [0.15, 0.2) is 35.5 Å². The second kappa shape index (κ2) is 8.42. The lowest BCUT2D eigenvalue weighted by Crippen LogP contribution is -2.49. The summed E-state index contributed by atoms with van der Waals surface area (Å²) in [4.78, 5) is 20.7. The Labute approximate surface area is 167 Å². The molecule has 0 spiro atoms. The number of guanidine groups is 1. The number of amides is 1. The highest BCUT2D eigenvalue weighted by molar-refractivity contribution is 5.87. The van der Waals surface area contributed by atoms with Crippen molar-refractivity contribution in [3.05, 3.63) is 47.7 Å². The lowest BCUT2D eigenvalue weighted by molar-refractivity contribution is 0.149. The van der Waals surface area contributed by atoms with Crippen LogP contribution in [0.4, 0.5) is 19.4 Å². The predicted molar refractivity (Wildman–Crippen MR) is 106 cm³/mol. The summed E-state index contributed by atoms with van der Waals surface area (Å²) in [6.07, 6.45) is 0.412. The van der Waals surface area contributed by atoms with Crippen molar-refractivity contribution in [2.45, 2.75) is 20.5 Å². The van der Waals surface area contributed by atoms with E-state index in [1.807, 2.05) is 4.90 Å². The third kappa shape index (κ3) is 4.61. The molecule has 0 unspecified atom stereocenters. The van der Waals surface area contributed by atoms with E-state index in [2.05, 4.69) is 23.8 Å². The van der Waals surface area contributed by atoms with E-state index in [1.54, 1.807) is 6.07 Å². The van der Waals surface area contributed by atoms with Gasteiger partial charge in [0.05, 0.1) is 0 Å². The summed E-state index contributed by atoms with van der Waals surface area (Å²) in [7, 11) is 0. The van der Waals surface area contributed by atoms with E-state index in [0.29, 0.717) is 17.4 Å². The van der Waals surface area contributed by atoms with Crippen LogP contribution in [0.3, 0.4) is 0 Å². The number of hydrogen-bond donors (Lipinski definition) is 2. The standard InChI is InChI=1S/C20H23F2N5O2/c1-11(2)14-8-27(9-14)18-16(21)6-13(7-25-18)15-5-3-4-12(17(15)22)10-29-20(28)26-19(23)24/h3-7,11,14H,8-10H2,1-2H3,(H4,23,24,26,28). The molecule has 154 valence electrons. The molecule has 1 aromatic carbocycles. The van der Waals surface area contributed by atoms with Gasteiger partial charge in [0.25, 0.3) is 0 Å². The number of ether oxygens (including phenoxy) is 1. The van der Waals surface area contributed by atoms with E-state index in [4.69, 9.17) is 16.2 Å². The number of anilines is 1. The number of aromatic nitrogens is 1. The number of halogens is 2. The van der Waals surface area contributed by atoms with Crippen molar-refractivity contribution < 1.29 is 18.3 Å². The van der Waals surface area contributed by atoms with E-state index in [9.17, 15) is 13.6 Å². The molecule has 1 amide bonds. The van der Waals surface area contributed by atoms with Crippen molar-refractivity contribution in [1.82, 2.24) is 4.98 Å². The van der Waals surface area contributed by atoms with Gasteiger partial charge < -0.3 is 21.1 Å². The molecule has 29 heavy (non-hydrogen) atoms. The lowest BCUT2D eigenvalue weighted by atomic mass is 9.88. The fourth-order valence-electron chi connectivity index (χ4n) is 3.11. The number of aliphatic imine (C=N–C) groups is 1. The zero-order valence-electron chi connectivity index (χ0n) is 16.2. The zero-order valence-corrected chi connectivity index (χ0v) is 16.2. The maximum Gasteiger partial charge on any atom is 0.437 e. The Balaban J connectivity index is 1.76. The van der Waals surface area contributed by atoms with E-state index < -0.39 is 23.7 Å². The number of carbonyl (C=O) groups excluding carboxylic acids is 1. The average molecular weight is 403 g/mol. The smallest absolute Gasteiger partial charge is 0.437 e. The van der Waals surface area contributed by atoms with Gasteiger partial charge in [0.2, 0.25) is 0 Å². The Morgan fingerprint density at radius 1 is 1.34 bits per heavy atom. The van der Waals surface area contributed by atoms with Gasteiger partial charge in [0.1, 0.15) is 12.4 Å². The molecule has 0 radical (unpaired) electrons. The van der Waals surface area contributed by atoms with Crippen molar-refractivity contribution in [2.24, 2.45) is 28.3 Å². The molecule has 7 nitrogen and oxygen atoms in total. The monoisotopic (exact) mass is 403 g/mol. The van der Waals surface area contributed by atoms with Gasteiger partial charge in [-0.05, 0) is 17.9 Å². The summed E-state index contributed by atoms with van der Waals surface area (Å²) in [6.45, 7) is 5.42. The fourth-order valence-corrected chi connectivity index (χ4v) is 3.11. The Hall–Kier alpha value is -3.23. The highest BCUT2D eigenvalue weighted by atomic mass is 19.1. The lowest BCUT2D eigenvalue weighted by Gasteiger charge is -2.42. The van der Waals surface area contributed by atoms with Crippen LogP contribution in [0.2, 0.25) is 0 Å². The summed E-state index contributed by atoms with van der Waals surface area (Å²) in [5.74, 6) is -0.268. The van der Waals surface area contributed by atoms with Crippen molar-refractivity contribution in [2.75, 3.05) is 18.0 Å². The minimum absolute atomic E-state index is 0.105. The highest BCUT2D eigenvalue weighted by Crippen LogP contribution is 2.32. The molecule has 1 aromatic heterocycles. The third-order valence-electron chi connectivity index (χ3n) is 4.94. The van der Waals surface area contributed by atoms with Crippen LogP contribution in [0.1, 0.15) is 19.4 Å². The number of hydrogen-bond acceptors (Lipinski definition) is 4. The SMILES string of the molecule is CC(C)C1CN(c2ncc(-c3cccc(COC(=O)N=C(N)N)c3F)cc2F)C1. The maximum absolute atomic E-state index is 14.8. The summed E-state index contributed by atoms with van der Waals surface area (Å²) in [5.41, 5.74) is 10.7. The molecule has 0 atom stereocenters. The Kier molecular flexibility index (Phi) is 5.95. The van der Waals surface area contributed by atoms with Gasteiger partial charge in [0, 0.05) is 36.0 Å². The van der Waals surface area contributed by atoms with Gasteiger partial charge in [0.15, 0.2) is 17.6 Å². The molecular formula is C20H23F2N5O2. The molecule has 4 N–H and O–H groups in total. The summed E-state index contributed by atoms with van der Waals surface area (Å²) in [5, 5.41) is 0. The first-order valence-corrected chi connectivity index (χ1v) is 9.21. The van der Waals surface area contributed by atoms with Crippen LogP contribution in [0, 0.1) is 23.5 Å². The van der Waals surface area contributed by atoms with E-state index in [1.165, 1.54) is 24.4 Å². The van der Waals surface area contributed by atoms with Gasteiger partial charge >= 0.3 is 6.09 Å². The largest absolute Gasteiger partial charge is 0.443 e. The van der Waals surface area contributed by atoms with E-state index in [-0.39, 0.29) is 23.6 Å². The summed E-state index contributed by atoms with van der Waals surface area (Å²) < 4.78 is 34.3.